The Kier molecular flexibility index (Phi) is 3.90. The van der Waals surface area contributed by atoms with Gasteiger partial charge in [0, 0.05) is 37.2 Å². The molecule has 1 unspecified atom stereocenters. The van der Waals surface area contributed by atoms with Crippen molar-refractivity contribution in [1.82, 2.24) is 19.7 Å². The van der Waals surface area contributed by atoms with Crippen LogP contribution in [0, 0.1) is 26.7 Å². The van der Waals surface area contributed by atoms with E-state index >= 15 is 0 Å². The highest BCUT2D eigenvalue weighted by atomic mass is 15.3. The van der Waals surface area contributed by atoms with Crippen LogP contribution in [0.15, 0.2) is 18.3 Å². The summed E-state index contributed by atoms with van der Waals surface area (Å²) in [6, 6.07) is 4.29. The molecule has 0 N–H and O–H groups in total. The molecular formula is C16H23N5. The van der Waals surface area contributed by atoms with Gasteiger partial charge in [0.25, 0.3) is 0 Å². The van der Waals surface area contributed by atoms with E-state index < -0.39 is 0 Å². The largest absolute Gasteiger partial charge is 0.371 e. The van der Waals surface area contributed by atoms with E-state index in [1.54, 1.807) is 0 Å². The van der Waals surface area contributed by atoms with Crippen molar-refractivity contribution in [2.45, 2.75) is 40.2 Å². The number of anilines is 1. The molecule has 0 aromatic carbocycles. The van der Waals surface area contributed by atoms with Crippen molar-refractivity contribution in [3.05, 3.63) is 35.7 Å². The minimum atomic E-state index is 0.632. The minimum absolute atomic E-state index is 0.632. The first-order chi connectivity index (χ1) is 10.1. The van der Waals surface area contributed by atoms with Gasteiger partial charge in [0.05, 0.1) is 0 Å². The predicted molar refractivity (Wildman–Crippen MR) is 83.4 cm³/mol. The second kappa shape index (κ2) is 5.84. The van der Waals surface area contributed by atoms with E-state index in [2.05, 4.69) is 36.8 Å². The van der Waals surface area contributed by atoms with Gasteiger partial charge in [-0.3, -0.25) is 4.98 Å². The Hall–Kier alpha value is -1.91. The van der Waals surface area contributed by atoms with E-state index in [1.807, 2.05) is 27.0 Å². The number of hydrogen-bond donors (Lipinski definition) is 0. The van der Waals surface area contributed by atoms with Crippen LogP contribution >= 0.6 is 0 Å². The molecule has 2 aromatic rings. The average Bonchev–Trinajstić information content (AvgIpc) is 2.77. The number of nitrogens with zero attached hydrogens (tertiary/aromatic N) is 5. The number of piperidine rings is 1. The summed E-state index contributed by atoms with van der Waals surface area (Å²) in [7, 11) is 0. The van der Waals surface area contributed by atoms with Gasteiger partial charge in [-0.2, -0.15) is 5.10 Å². The van der Waals surface area contributed by atoms with Crippen LogP contribution in [-0.4, -0.2) is 32.8 Å². The first kappa shape index (κ1) is 14.0. The van der Waals surface area contributed by atoms with Crippen molar-refractivity contribution >= 4 is 5.69 Å². The van der Waals surface area contributed by atoms with E-state index in [-0.39, 0.29) is 0 Å². The van der Waals surface area contributed by atoms with Crippen molar-refractivity contribution < 1.29 is 0 Å². The number of rotatable bonds is 3. The third-order valence-corrected chi connectivity index (χ3v) is 4.16. The van der Waals surface area contributed by atoms with Gasteiger partial charge < -0.3 is 4.90 Å². The lowest BCUT2D eigenvalue weighted by atomic mass is 9.97. The number of aromatic nitrogens is 4. The van der Waals surface area contributed by atoms with Crippen LogP contribution < -0.4 is 4.90 Å². The molecule has 1 aliphatic rings. The monoisotopic (exact) mass is 285 g/mol. The zero-order valence-corrected chi connectivity index (χ0v) is 13.1. The standard InChI is InChI=1S/C16H23N5/c1-12-9-16(6-7-17-12)20-8-4-5-15(10-20)11-21-14(3)18-13(2)19-21/h6-7,9,15H,4-5,8,10-11H2,1-3H3. The number of pyridine rings is 1. The highest BCUT2D eigenvalue weighted by Gasteiger charge is 2.21. The molecule has 2 aromatic heterocycles. The molecule has 3 heterocycles. The van der Waals surface area contributed by atoms with Crippen molar-refractivity contribution in [2.24, 2.45) is 5.92 Å². The fourth-order valence-electron chi connectivity index (χ4n) is 3.15. The summed E-state index contributed by atoms with van der Waals surface area (Å²) in [5.74, 6) is 2.52. The molecule has 21 heavy (non-hydrogen) atoms. The molecule has 112 valence electrons. The van der Waals surface area contributed by atoms with Crippen LogP contribution in [0.5, 0.6) is 0 Å². The summed E-state index contributed by atoms with van der Waals surface area (Å²) in [5, 5.41) is 4.49. The van der Waals surface area contributed by atoms with Crippen LogP contribution in [0.2, 0.25) is 0 Å². The molecule has 0 saturated carbocycles. The smallest absolute Gasteiger partial charge is 0.147 e. The van der Waals surface area contributed by atoms with Gasteiger partial charge >= 0.3 is 0 Å². The topological polar surface area (TPSA) is 46.8 Å². The zero-order valence-electron chi connectivity index (χ0n) is 13.1. The molecule has 1 saturated heterocycles. The van der Waals surface area contributed by atoms with Crippen LogP contribution in [0.1, 0.15) is 30.2 Å². The van der Waals surface area contributed by atoms with Crippen molar-refractivity contribution in [2.75, 3.05) is 18.0 Å². The fourth-order valence-corrected chi connectivity index (χ4v) is 3.15. The van der Waals surface area contributed by atoms with Crippen molar-refractivity contribution in [3.8, 4) is 0 Å². The maximum absolute atomic E-state index is 4.49. The summed E-state index contributed by atoms with van der Waals surface area (Å²) in [5.41, 5.74) is 2.37. The summed E-state index contributed by atoms with van der Waals surface area (Å²) in [4.78, 5) is 11.2. The van der Waals surface area contributed by atoms with E-state index in [1.165, 1.54) is 18.5 Å². The molecule has 0 spiro atoms. The normalized spacial score (nSPS) is 19.0. The van der Waals surface area contributed by atoms with Gasteiger partial charge in [-0.15, -0.1) is 0 Å². The maximum Gasteiger partial charge on any atom is 0.147 e. The Morgan fingerprint density at radius 3 is 2.86 bits per heavy atom. The molecule has 1 fully saturated rings. The Balaban J connectivity index is 1.70. The molecule has 0 radical (unpaired) electrons. The molecule has 1 aliphatic heterocycles. The molecule has 5 nitrogen and oxygen atoms in total. The van der Waals surface area contributed by atoms with Crippen molar-refractivity contribution in [3.63, 3.8) is 0 Å². The zero-order chi connectivity index (χ0) is 14.8. The van der Waals surface area contributed by atoms with E-state index in [0.717, 1.165) is 37.0 Å². The maximum atomic E-state index is 4.49. The number of aryl methyl sites for hydroxylation is 3. The second-order valence-electron chi connectivity index (χ2n) is 6.00. The van der Waals surface area contributed by atoms with E-state index in [0.29, 0.717) is 5.92 Å². The fraction of sp³-hybridized carbons (Fsp3) is 0.562. The Bertz CT molecular complexity index is 619. The number of hydrogen-bond acceptors (Lipinski definition) is 4. The average molecular weight is 285 g/mol. The quantitative estimate of drug-likeness (QED) is 0.869. The Morgan fingerprint density at radius 2 is 2.14 bits per heavy atom. The Morgan fingerprint density at radius 1 is 1.29 bits per heavy atom. The van der Waals surface area contributed by atoms with Gasteiger partial charge in [-0.1, -0.05) is 0 Å². The SMILES string of the molecule is Cc1cc(N2CCCC(Cn3nc(C)nc3C)C2)ccn1. The lowest BCUT2D eigenvalue weighted by Crippen LogP contribution is -2.37. The predicted octanol–water partition coefficient (Wildman–Crippen LogP) is 2.51. The highest BCUT2D eigenvalue weighted by molar-refractivity contribution is 5.46. The second-order valence-corrected chi connectivity index (χ2v) is 6.00. The third kappa shape index (κ3) is 3.23. The third-order valence-electron chi connectivity index (χ3n) is 4.16. The van der Waals surface area contributed by atoms with Gasteiger partial charge in [-0.25, -0.2) is 9.67 Å². The lowest BCUT2D eigenvalue weighted by molar-refractivity contribution is 0.347. The van der Waals surface area contributed by atoms with Gasteiger partial charge in [0.15, 0.2) is 0 Å². The van der Waals surface area contributed by atoms with Gasteiger partial charge in [-0.05, 0) is 51.7 Å². The lowest BCUT2D eigenvalue weighted by Gasteiger charge is -2.34. The molecule has 0 bridgehead atoms. The Labute approximate surface area is 126 Å². The summed E-state index contributed by atoms with van der Waals surface area (Å²) in [6.07, 6.45) is 4.40. The van der Waals surface area contributed by atoms with Crippen LogP contribution in [-0.2, 0) is 6.54 Å². The molecule has 5 heteroatoms. The van der Waals surface area contributed by atoms with Gasteiger partial charge in [0.2, 0.25) is 0 Å². The molecule has 0 aliphatic carbocycles. The van der Waals surface area contributed by atoms with E-state index in [4.69, 9.17) is 0 Å². The van der Waals surface area contributed by atoms with Gasteiger partial charge in [0.1, 0.15) is 11.6 Å². The van der Waals surface area contributed by atoms with E-state index in [9.17, 15) is 0 Å². The van der Waals surface area contributed by atoms with Crippen LogP contribution in [0.3, 0.4) is 0 Å². The van der Waals surface area contributed by atoms with Crippen LogP contribution in [0.4, 0.5) is 5.69 Å². The summed E-state index contributed by atoms with van der Waals surface area (Å²) in [6.45, 7) is 9.22. The highest BCUT2D eigenvalue weighted by Crippen LogP contribution is 2.24. The molecule has 0 amide bonds. The first-order valence-electron chi connectivity index (χ1n) is 7.67. The summed E-state index contributed by atoms with van der Waals surface area (Å²) < 4.78 is 2.06. The molecular weight excluding hydrogens is 262 g/mol. The van der Waals surface area contributed by atoms with Crippen LogP contribution in [0.25, 0.3) is 0 Å². The van der Waals surface area contributed by atoms with Crippen molar-refractivity contribution in [1.29, 1.82) is 0 Å². The first-order valence-corrected chi connectivity index (χ1v) is 7.67. The minimum Gasteiger partial charge on any atom is -0.371 e. The molecule has 1 atom stereocenters. The summed E-state index contributed by atoms with van der Waals surface area (Å²) >= 11 is 0. The molecule has 3 rings (SSSR count).